The van der Waals surface area contributed by atoms with Gasteiger partial charge < -0.3 is 19.5 Å². The van der Waals surface area contributed by atoms with Gasteiger partial charge in [0.25, 0.3) is 5.91 Å². The number of rotatable bonds is 5. The van der Waals surface area contributed by atoms with Crippen molar-refractivity contribution in [2.24, 2.45) is 10.8 Å². The Bertz CT molecular complexity index is 853. The normalized spacial score (nSPS) is 25.0. The molecular weight excluding hydrogens is 384 g/mol. The SMILES string of the molecule is COCCNC(=O)c1nnc2n1CCC1(CC2)CCN(C(=O)C2(C#N)CCCC2)C1. The molecule has 1 aromatic rings. The highest BCUT2D eigenvalue weighted by Gasteiger charge is 2.48. The Hall–Kier alpha value is -2.47. The van der Waals surface area contributed by atoms with Crippen LogP contribution >= 0.6 is 0 Å². The molecule has 1 spiro atoms. The zero-order valence-corrected chi connectivity index (χ0v) is 17.7. The molecule has 1 saturated carbocycles. The van der Waals surface area contributed by atoms with Gasteiger partial charge in [0.2, 0.25) is 11.7 Å². The molecule has 0 bridgehead atoms. The van der Waals surface area contributed by atoms with Crippen LogP contribution in [0.5, 0.6) is 0 Å². The molecule has 2 aliphatic heterocycles. The molecule has 2 fully saturated rings. The van der Waals surface area contributed by atoms with Crippen molar-refractivity contribution < 1.29 is 14.3 Å². The monoisotopic (exact) mass is 414 g/mol. The molecule has 1 aliphatic carbocycles. The summed E-state index contributed by atoms with van der Waals surface area (Å²) in [6.45, 7) is 2.96. The third-order valence-electron chi connectivity index (χ3n) is 7.17. The summed E-state index contributed by atoms with van der Waals surface area (Å²) in [4.78, 5) is 27.6. The fourth-order valence-corrected chi connectivity index (χ4v) is 5.29. The fraction of sp³-hybridized carbons (Fsp3) is 0.762. The number of fused-ring (bicyclic) bond motifs is 1. The van der Waals surface area contributed by atoms with E-state index in [9.17, 15) is 14.9 Å². The third kappa shape index (κ3) is 3.69. The van der Waals surface area contributed by atoms with Crippen LogP contribution in [0.4, 0.5) is 0 Å². The quantitative estimate of drug-likeness (QED) is 0.727. The smallest absolute Gasteiger partial charge is 0.289 e. The number of likely N-dealkylation sites (tertiary alicyclic amines) is 1. The van der Waals surface area contributed by atoms with Crippen LogP contribution in [0.2, 0.25) is 0 Å². The summed E-state index contributed by atoms with van der Waals surface area (Å²) in [6.07, 6.45) is 6.77. The van der Waals surface area contributed by atoms with E-state index in [1.807, 2.05) is 9.47 Å². The molecule has 4 rings (SSSR count). The highest BCUT2D eigenvalue weighted by molar-refractivity contribution is 5.90. The second-order valence-electron chi connectivity index (χ2n) is 8.97. The van der Waals surface area contributed by atoms with Crippen molar-refractivity contribution >= 4 is 11.8 Å². The largest absolute Gasteiger partial charge is 0.383 e. The van der Waals surface area contributed by atoms with Crippen LogP contribution in [0.1, 0.15) is 61.4 Å². The third-order valence-corrected chi connectivity index (χ3v) is 7.17. The molecule has 1 N–H and O–H groups in total. The Kier molecular flexibility index (Phi) is 5.78. The summed E-state index contributed by atoms with van der Waals surface area (Å²) >= 11 is 0. The first-order chi connectivity index (χ1) is 14.5. The number of amides is 2. The molecule has 0 radical (unpaired) electrons. The summed E-state index contributed by atoms with van der Waals surface area (Å²) in [5.74, 6) is 0.972. The number of nitrogens with zero attached hydrogens (tertiary/aromatic N) is 5. The average molecular weight is 415 g/mol. The number of carbonyl (C=O) groups is 2. The van der Waals surface area contributed by atoms with Crippen molar-refractivity contribution in [2.45, 2.75) is 57.9 Å². The van der Waals surface area contributed by atoms with E-state index in [1.165, 1.54) is 0 Å². The van der Waals surface area contributed by atoms with Gasteiger partial charge in [-0.05, 0) is 37.5 Å². The minimum atomic E-state index is -0.805. The van der Waals surface area contributed by atoms with Gasteiger partial charge in [-0.1, -0.05) is 12.8 Å². The van der Waals surface area contributed by atoms with Gasteiger partial charge in [-0.3, -0.25) is 9.59 Å². The molecule has 1 atom stereocenters. The van der Waals surface area contributed by atoms with Gasteiger partial charge in [0.05, 0.1) is 12.7 Å². The van der Waals surface area contributed by atoms with E-state index in [0.717, 1.165) is 44.3 Å². The molecule has 3 aliphatic rings. The van der Waals surface area contributed by atoms with Crippen molar-refractivity contribution in [3.05, 3.63) is 11.6 Å². The van der Waals surface area contributed by atoms with Crippen molar-refractivity contribution in [3.8, 4) is 6.07 Å². The standard InChI is InChI=1S/C21H30N6O3/c1-30-13-10-23-18(28)17-25-24-16-4-7-20(9-12-27(16)17)8-11-26(15-20)19(29)21(14-22)5-2-3-6-21/h2-13,15H2,1H3,(H,23,28). The Morgan fingerprint density at radius 2 is 1.93 bits per heavy atom. The van der Waals surface area contributed by atoms with Gasteiger partial charge in [-0.15, -0.1) is 10.2 Å². The lowest BCUT2D eigenvalue weighted by Crippen LogP contribution is -2.42. The number of methoxy groups -OCH3 is 1. The van der Waals surface area contributed by atoms with Crippen LogP contribution in [0.3, 0.4) is 0 Å². The lowest BCUT2D eigenvalue weighted by molar-refractivity contribution is -0.138. The molecule has 3 heterocycles. The van der Waals surface area contributed by atoms with E-state index >= 15 is 0 Å². The Morgan fingerprint density at radius 1 is 1.17 bits per heavy atom. The minimum Gasteiger partial charge on any atom is -0.383 e. The molecule has 30 heavy (non-hydrogen) atoms. The first-order valence-corrected chi connectivity index (χ1v) is 10.9. The number of aromatic nitrogens is 3. The number of hydrogen-bond acceptors (Lipinski definition) is 6. The zero-order valence-electron chi connectivity index (χ0n) is 17.7. The maximum absolute atomic E-state index is 13.2. The van der Waals surface area contributed by atoms with E-state index in [-0.39, 0.29) is 17.2 Å². The Morgan fingerprint density at radius 3 is 2.67 bits per heavy atom. The average Bonchev–Trinajstić information content (AvgIpc) is 3.47. The van der Waals surface area contributed by atoms with Crippen LogP contribution < -0.4 is 5.32 Å². The number of aryl methyl sites for hydroxylation is 1. The number of ether oxygens (including phenoxy) is 1. The summed E-state index contributed by atoms with van der Waals surface area (Å²) in [6, 6.07) is 2.34. The van der Waals surface area contributed by atoms with E-state index < -0.39 is 5.41 Å². The molecule has 2 amide bonds. The highest BCUT2D eigenvalue weighted by atomic mass is 16.5. The van der Waals surface area contributed by atoms with Gasteiger partial charge in [0, 0.05) is 39.7 Å². The first kappa shape index (κ1) is 20.8. The molecule has 9 heteroatoms. The first-order valence-electron chi connectivity index (χ1n) is 10.9. The highest BCUT2D eigenvalue weighted by Crippen LogP contribution is 2.45. The molecular formula is C21H30N6O3. The summed E-state index contributed by atoms with van der Waals surface area (Å²) in [5.41, 5.74) is -0.782. The number of nitrogens with one attached hydrogen (secondary N) is 1. The summed E-state index contributed by atoms with van der Waals surface area (Å²) in [7, 11) is 1.59. The minimum absolute atomic E-state index is 0.0232. The van der Waals surface area contributed by atoms with Gasteiger partial charge in [-0.25, -0.2) is 0 Å². The summed E-state index contributed by atoms with van der Waals surface area (Å²) in [5, 5.41) is 20.9. The van der Waals surface area contributed by atoms with Gasteiger partial charge in [0.1, 0.15) is 11.2 Å². The van der Waals surface area contributed by atoms with E-state index in [4.69, 9.17) is 4.74 Å². The molecule has 0 aromatic carbocycles. The number of hydrogen-bond donors (Lipinski definition) is 1. The number of carbonyl (C=O) groups excluding carboxylic acids is 2. The van der Waals surface area contributed by atoms with Crippen molar-refractivity contribution in [1.82, 2.24) is 25.0 Å². The van der Waals surface area contributed by atoms with Crippen LogP contribution in [0.25, 0.3) is 0 Å². The van der Waals surface area contributed by atoms with Crippen molar-refractivity contribution in [1.29, 1.82) is 5.26 Å². The summed E-state index contributed by atoms with van der Waals surface area (Å²) < 4.78 is 6.90. The van der Waals surface area contributed by atoms with E-state index in [0.29, 0.717) is 51.5 Å². The molecule has 1 aromatic heterocycles. The van der Waals surface area contributed by atoms with Crippen LogP contribution in [0.15, 0.2) is 0 Å². The molecule has 1 unspecified atom stereocenters. The van der Waals surface area contributed by atoms with Crippen molar-refractivity contribution in [2.75, 3.05) is 33.4 Å². The predicted molar refractivity (Wildman–Crippen MR) is 107 cm³/mol. The topological polar surface area (TPSA) is 113 Å². The van der Waals surface area contributed by atoms with E-state index in [2.05, 4.69) is 21.6 Å². The maximum atomic E-state index is 13.2. The second-order valence-corrected chi connectivity index (χ2v) is 8.97. The Labute approximate surface area is 176 Å². The van der Waals surface area contributed by atoms with Gasteiger partial charge in [0.15, 0.2) is 0 Å². The lowest BCUT2D eigenvalue weighted by atomic mass is 9.79. The zero-order chi connectivity index (χ0) is 21.2. The van der Waals surface area contributed by atoms with Gasteiger partial charge in [-0.2, -0.15) is 5.26 Å². The predicted octanol–water partition coefficient (Wildman–Crippen LogP) is 1.29. The van der Waals surface area contributed by atoms with Crippen molar-refractivity contribution in [3.63, 3.8) is 0 Å². The van der Waals surface area contributed by atoms with Crippen LogP contribution in [0, 0.1) is 22.2 Å². The van der Waals surface area contributed by atoms with Crippen LogP contribution in [-0.2, 0) is 22.5 Å². The molecule has 1 saturated heterocycles. The Balaban J connectivity index is 1.43. The second kappa shape index (κ2) is 8.34. The fourth-order valence-electron chi connectivity index (χ4n) is 5.29. The molecule has 9 nitrogen and oxygen atoms in total. The number of nitriles is 1. The molecule has 162 valence electrons. The van der Waals surface area contributed by atoms with E-state index in [1.54, 1.807) is 7.11 Å². The van der Waals surface area contributed by atoms with Gasteiger partial charge >= 0.3 is 0 Å². The van der Waals surface area contributed by atoms with Crippen LogP contribution in [-0.4, -0.2) is 64.8 Å². The maximum Gasteiger partial charge on any atom is 0.289 e. The lowest BCUT2D eigenvalue weighted by Gasteiger charge is -2.30.